The van der Waals surface area contributed by atoms with E-state index in [-0.39, 0.29) is 0 Å². The molecule has 0 fully saturated rings. The normalized spacial score (nSPS) is 16.1. The first kappa shape index (κ1) is 10.4. The second-order valence-electron chi connectivity index (χ2n) is 4.16. The molecule has 1 aromatic rings. The molecule has 0 aliphatic carbocycles. The summed E-state index contributed by atoms with van der Waals surface area (Å²) >= 11 is 0. The molecule has 0 radical (unpaired) electrons. The van der Waals surface area contributed by atoms with Crippen molar-refractivity contribution in [1.82, 2.24) is 5.32 Å². The van der Waals surface area contributed by atoms with E-state index < -0.39 is 0 Å². The van der Waals surface area contributed by atoms with Gasteiger partial charge in [-0.2, -0.15) is 0 Å². The highest BCUT2D eigenvalue weighted by Gasteiger charge is 2.02. The van der Waals surface area contributed by atoms with Gasteiger partial charge in [0.15, 0.2) is 0 Å². The van der Waals surface area contributed by atoms with E-state index in [1.54, 1.807) is 5.57 Å². The molecule has 1 N–H and O–H groups in total. The molecule has 1 aliphatic heterocycles. The van der Waals surface area contributed by atoms with Crippen LogP contribution < -0.4 is 5.32 Å². The molecule has 0 aromatic heterocycles. The molecule has 0 saturated heterocycles. The molecular weight excluding hydrogens is 182 g/mol. The van der Waals surface area contributed by atoms with Crippen LogP contribution in [0, 0.1) is 0 Å². The number of aryl methyl sites for hydroxylation is 1. The van der Waals surface area contributed by atoms with Gasteiger partial charge in [0.25, 0.3) is 0 Å². The van der Waals surface area contributed by atoms with Crippen LogP contribution in [0.25, 0.3) is 0 Å². The summed E-state index contributed by atoms with van der Waals surface area (Å²) in [6.07, 6.45) is 7.38. The maximum Gasteiger partial charge on any atom is 0.0137 e. The van der Waals surface area contributed by atoms with Gasteiger partial charge in [-0.15, -0.1) is 0 Å². The molecule has 0 bridgehead atoms. The van der Waals surface area contributed by atoms with E-state index in [2.05, 4.69) is 41.7 Å². The Bertz CT molecular complexity index is 313. The minimum Gasteiger partial charge on any atom is -0.313 e. The molecule has 0 spiro atoms. The topological polar surface area (TPSA) is 12.0 Å². The van der Waals surface area contributed by atoms with Gasteiger partial charge in [-0.3, -0.25) is 0 Å². The van der Waals surface area contributed by atoms with Crippen molar-refractivity contribution in [3.05, 3.63) is 47.5 Å². The first-order valence-corrected chi connectivity index (χ1v) is 5.88. The summed E-state index contributed by atoms with van der Waals surface area (Å²) in [6.45, 7) is 2.23. The van der Waals surface area contributed by atoms with Crippen molar-refractivity contribution in [2.45, 2.75) is 25.7 Å². The Morgan fingerprint density at radius 3 is 2.67 bits per heavy atom. The molecule has 0 atom stereocenters. The van der Waals surface area contributed by atoms with Crippen LogP contribution in [0.4, 0.5) is 0 Å². The average Bonchev–Trinajstić information content (AvgIpc) is 2.32. The standard InChI is InChI=1S/C14H19N/c1-2-5-13(6-3-1)7-4-8-14-9-11-15-12-10-14/h1-3,5-6,9,15H,4,7-8,10-12H2. The Labute approximate surface area is 92.2 Å². The molecule has 80 valence electrons. The second kappa shape index (κ2) is 5.72. The van der Waals surface area contributed by atoms with Crippen molar-refractivity contribution in [3.63, 3.8) is 0 Å². The first-order chi connectivity index (χ1) is 7.45. The van der Waals surface area contributed by atoms with E-state index in [0.717, 1.165) is 13.1 Å². The minimum atomic E-state index is 1.07. The third-order valence-corrected chi connectivity index (χ3v) is 2.96. The van der Waals surface area contributed by atoms with Gasteiger partial charge in [0.1, 0.15) is 0 Å². The Hall–Kier alpha value is -1.08. The van der Waals surface area contributed by atoms with Crippen LogP contribution in [0.3, 0.4) is 0 Å². The van der Waals surface area contributed by atoms with Crippen molar-refractivity contribution in [1.29, 1.82) is 0 Å². The molecule has 0 saturated carbocycles. The molecule has 15 heavy (non-hydrogen) atoms. The molecular formula is C14H19N. The maximum absolute atomic E-state index is 3.35. The first-order valence-electron chi connectivity index (χ1n) is 5.88. The van der Waals surface area contributed by atoms with Gasteiger partial charge < -0.3 is 5.32 Å². The fourth-order valence-electron chi connectivity index (χ4n) is 2.06. The van der Waals surface area contributed by atoms with Crippen LogP contribution in [-0.4, -0.2) is 13.1 Å². The third-order valence-electron chi connectivity index (χ3n) is 2.96. The molecule has 2 rings (SSSR count). The van der Waals surface area contributed by atoms with Gasteiger partial charge in [0, 0.05) is 6.54 Å². The summed E-state index contributed by atoms with van der Waals surface area (Å²) < 4.78 is 0. The number of hydrogen-bond donors (Lipinski definition) is 1. The van der Waals surface area contributed by atoms with Crippen LogP contribution >= 0.6 is 0 Å². The lowest BCUT2D eigenvalue weighted by molar-refractivity contribution is 0.664. The predicted octanol–water partition coefficient (Wildman–Crippen LogP) is 2.93. The van der Waals surface area contributed by atoms with E-state index in [0.29, 0.717) is 0 Å². The van der Waals surface area contributed by atoms with Crippen molar-refractivity contribution in [2.24, 2.45) is 0 Å². The number of rotatable bonds is 4. The van der Waals surface area contributed by atoms with Crippen LogP contribution in [0.2, 0.25) is 0 Å². The molecule has 0 amide bonds. The van der Waals surface area contributed by atoms with Gasteiger partial charge >= 0.3 is 0 Å². The van der Waals surface area contributed by atoms with E-state index in [4.69, 9.17) is 0 Å². The lowest BCUT2D eigenvalue weighted by atomic mass is 10.0. The summed E-state index contributed by atoms with van der Waals surface area (Å²) in [6, 6.07) is 10.8. The van der Waals surface area contributed by atoms with Crippen molar-refractivity contribution >= 4 is 0 Å². The predicted molar refractivity (Wildman–Crippen MR) is 64.9 cm³/mol. The second-order valence-corrected chi connectivity index (χ2v) is 4.16. The molecule has 1 aliphatic rings. The van der Waals surface area contributed by atoms with E-state index in [1.165, 1.54) is 31.2 Å². The van der Waals surface area contributed by atoms with Crippen molar-refractivity contribution < 1.29 is 0 Å². The Balaban J connectivity index is 1.73. The summed E-state index contributed by atoms with van der Waals surface area (Å²) in [5.41, 5.74) is 3.11. The molecule has 1 aromatic carbocycles. The van der Waals surface area contributed by atoms with Crippen LogP contribution in [-0.2, 0) is 6.42 Å². The maximum atomic E-state index is 3.35. The summed E-state index contributed by atoms with van der Waals surface area (Å²) in [7, 11) is 0. The fourth-order valence-corrected chi connectivity index (χ4v) is 2.06. The van der Waals surface area contributed by atoms with Gasteiger partial charge in [-0.1, -0.05) is 42.0 Å². The molecule has 1 heterocycles. The number of benzene rings is 1. The fraction of sp³-hybridized carbons (Fsp3) is 0.429. The smallest absolute Gasteiger partial charge is 0.0137 e. The van der Waals surface area contributed by atoms with Crippen molar-refractivity contribution in [2.75, 3.05) is 13.1 Å². The van der Waals surface area contributed by atoms with Gasteiger partial charge in [-0.05, 0) is 37.8 Å². The summed E-state index contributed by atoms with van der Waals surface area (Å²) in [5.74, 6) is 0. The average molecular weight is 201 g/mol. The minimum absolute atomic E-state index is 1.07. The van der Waals surface area contributed by atoms with E-state index in [9.17, 15) is 0 Å². The van der Waals surface area contributed by atoms with E-state index >= 15 is 0 Å². The van der Waals surface area contributed by atoms with E-state index in [1.807, 2.05) is 0 Å². The Kier molecular flexibility index (Phi) is 3.98. The van der Waals surface area contributed by atoms with Crippen molar-refractivity contribution in [3.8, 4) is 0 Å². The molecule has 1 heteroatoms. The zero-order valence-corrected chi connectivity index (χ0v) is 9.21. The Morgan fingerprint density at radius 2 is 1.93 bits per heavy atom. The third kappa shape index (κ3) is 3.52. The lowest BCUT2D eigenvalue weighted by Gasteiger charge is -2.13. The highest BCUT2D eigenvalue weighted by molar-refractivity contribution is 5.15. The summed E-state index contributed by atoms with van der Waals surface area (Å²) in [4.78, 5) is 0. The van der Waals surface area contributed by atoms with Gasteiger partial charge in [-0.25, -0.2) is 0 Å². The zero-order valence-electron chi connectivity index (χ0n) is 9.21. The zero-order chi connectivity index (χ0) is 10.3. The highest BCUT2D eigenvalue weighted by Crippen LogP contribution is 2.14. The summed E-state index contributed by atoms with van der Waals surface area (Å²) in [5, 5.41) is 3.35. The van der Waals surface area contributed by atoms with Gasteiger partial charge in [0.2, 0.25) is 0 Å². The van der Waals surface area contributed by atoms with Crippen LogP contribution in [0.5, 0.6) is 0 Å². The monoisotopic (exact) mass is 201 g/mol. The lowest BCUT2D eigenvalue weighted by Crippen LogP contribution is -2.20. The SMILES string of the molecule is C1=C(CCCc2ccccc2)CCNC1. The number of nitrogens with one attached hydrogen (secondary N) is 1. The highest BCUT2D eigenvalue weighted by atomic mass is 14.8. The number of hydrogen-bond acceptors (Lipinski definition) is 1. The van der Waals surface area contributed by atoms with Gasteiger partial charge in [0.05, 0.1) is 0 Å². The quantitative estimate of drug-likeness (QED) is 0.739. The Morgan fingerprint density at radius 1 is 1.07 bits per heavy atom. The molecule has 0 unspecified atom stereocenters. The molecule has 1 nitrogen and oxygen atoms in total. The largest absolute Gasteiger partial charge is 0.313 e. The van der Waals surface area contributed by atoms with Crippen LogP contribution in [0.1, 0.15) is 24.8 Å². The van der Waals surface area contributed by atoms with Crippen LogP contribution in [0.15, 0.2) is 42.0 Å².